The van der Waals surface area contributed by atoms with Crippen LogP contribution in [0.4, 0.5) is 0 Å². The van der Waals surface area contributed by atoms with Gasteiger partial charge in [-0.3, -0.25) is 0 Å². The van der Waals surface area contributed by atoms with E-state index in [2.05, 4.69) is 110 Å². The van der Waals surface area contributed by atoms with Crippen LogP contribution in [-0.2, 0) is 21.3 Å². The van der Waals surface area contributed by atoms with Crippen molar-refractivity contribution >= 4 is 3.21 Å². The summed E-state index contributed by atoms with van der Waals surface area (Å²) in [6, 6.07) is 14.2. The van der Waals surface area contributed by atoms with Crippen molar-refractivity contribution in [2.24, 2.45) is 5.92 Å². The summed E-state index contributed by atoms with van der Waals surface area (Å²) in [7, 11) is 0. The van der Waals surface area contributed by atoms with Crippen LogP contribution in [0, 0.1) is 33.6 Å². The molecule has 2 aromatic carbocycles. The van der Waals surface area contributed by atoms with Gasteiger partial charge in [-0.2, -0.15) is 0 Å². The Kier molecular flexibility index (Phi) is 9.92. The van der Waals surface area contributed by atoms with E-state index in [1.165, 1.54) is 50.1 Å². The fourth-order valence-electron chi connectivity index (χ4n) is 5.49. The normalized spacial score (nSPS) is 16.7. The fraction of sp³-hybridized carbons (Fsp3) is 0.323. The van der Waals surface area contributed by atoms with E-state index in [4.69, 9.17) is 0 Å². The zero-order valence-corrected chi connectivity index (χ0v) is 25.7. The van der Waals surface area contributed by atoms with Crippen molar-refractivity contribution in [3.05, 3.63) is 111 Å². The molecule has 0 aromatic heterocycles. The molecule has 0 heterocycles. The number of aryl methyl sites for hydroxylation is 4. The summed E-state index contributed by atoms with van der Waals surface area (Å²) >= 11 is -2.43. The molecular weight excluding hydrogens is 534 g/mol. The molecule has 0 amide bonds. The number of hydrogen-bond acceptors (Lipinski definition) is 0. The molecule has 0 saturated heterocycles. The Morgan fingerprint density at radius 3 is 1.68 bits per heavy atom. The summed E-state index contributed by atoms with van der Waals surface area (Å²) in [6.45, 7) is 18.4. The second-order valence-corrected chi connectivity index (χ2v) is 16.0. The van der Waals surface area contributed by atoms with Gasteiger partial charge in [0.05, 0.1) is 0 Å². The van der Waals surface area contributed by atoms with Crippen LogP contribution in [-0.4, -0.2) is 3.21 Å². The maximum atomic E-state index is 2.54. The molecule has 2 aliphatic rings. The van der Waals surface area contributed by atoms with E-state index in [1.807, 2.05) is 0 Å². The molecule has 3 heteroatoms. The van der Waals surface area contributed by atoms with Crippen LogP contribution >= 0.6 is 0 Å². The maximum Gasteiger partial charge on any atom is -1.00 e. The van der Waals surface area contributed by atoms with E-state index in [0.29, 0.717) is 5.92 Å². The molecule has 2 aliphatic carbocycles. The van der Waals surface area contributed by atoms with Crippen LogP contribution in [0.15, 0.2) is 77.9 Å². The molecule has 4 rings (SSSR count). The van der Waals surface area contributed by atoms with Gasteiger partial charge < -0.3 is 24.8 Å². The molecule has 34 heavy (non-hydrogen) atoms. The third-order valence-electron chi connectivity index (χ3n) is 6.92. The van der Waals surface area contributed by atoms with Gasteiger partial charge >= 0.3 is 203 Å². The second kappa shape index (κ2) is 11.6. The first-order chi connectivity index (χ1) is 15.2. The van der Waals surface area contributed by atoms with E-state index in [1.54, 1.807) is 9.77 Å². The molecule has 0 nitrogen and oxygen atoms in total. The second-order valence-electron chi connectivity index (χ2n) is 10.0. The molecular formula is C31H36Cl2Zr. The molecule has 0 fully saturated rings. The van der Waals surface area contributed by atoms with Gasteiger partial charge in [0.1, 0.15) is 0 Å². The van der Waals surface area contributed by atoms with Crippen molar-refractivity contribution in [2.45, 2.75) is 61.8 Å². The number of halogens is 2. The Morgan fingerprint density at radius 2 is 1.29 bits per heavy atom. The molecule has 1 atom stereocenters. The Morgan fingerprint density at radius 1 is 0.765 bits per heavy atom. The minimum Gasteiger partial charge on any atom is -1.00 e. The van der Waals surface area contributed by atoms with Gasteiger partial charge in [0.15, 0.2) is 0 Å². The minimum atomic E-state index is -2.43. The molecule has 0 radical (unpaired) electrons. The van der Waals surface area contributed by atoms with Crippen LogP contribution < -0.4 is 24.8 Å². The summed E-state index contributed by atoms with van der Waals surface area (Å²) in [5.41, 5.74) is 12.9. The molecule has 0 saturated carbocycles. The quantitative estimate of drug-likeness (QED) is 0.529. The van der Waals surface area contributed by atoms with Gasteiger partial charge in [0, 0.05) is 0 Å². The Balaban J connectivity index is 0.00000204. The van der Waals surface area contributed by atoms with Crippen molar-refractivity contribution in [2.75, 3.05) is 0 Å². The minimum absolute atomic E-state index is 0. The van der Waals surface area contributed by atoms with Gasteiger partial charge in [-0.15, -0.1) is 0 Å². The van der Waals surface area contributed by atoms with Crippen molar-refractivity contribution < 1.29 is 46.1 Å². The predicted molar refractivity (Wildman–Crippen MR) is 137 cm³/mol. The van der Waals surface area contributed by atoms with Crippen LogP contribution in [0.25, 0.3) is 0 Å². The van der Waals surface area contributed by atoms with Crippen molar-refractivity contribution in [3.8, 4) is 0 Å². The molecule has 0 N–H and O–H groups in total. The first-order valence-corrected chi connectivity index (χ1v) is 15.5. The average molecular weight is 571 g/mol. The summed E-state index contributed by atoms with van der Waals surface area (Å²) in [5, 5.41) is 0. The number of hydrogen-bond donors (Lipinski definition) is 0. The number of allylic oxidation sites excluding steroid dienone is 8. The first kappa shape index (κ1) is 29.0. The van der Waals surface area contributed by atoms with Gasteiger partial charge in [-0.05, 0) is 0 Å². The summed E-state index contributed by atoms with van der Waals surface area (Å²) < 4.78 is 5.17. The largest absolute Gasteiger partial charge is 1.00 e. The third-order valence-corrected chi connectivity index (χ3v) is 15.3. The SMILES string of the molecule is CC1=CC(C)[C]([Zr+2]([C]2=C(C)C=C(C)C2)=[C](c2ccc(C)cc2C)c2ccc(C)cc2C)=C1.[Cl-].[Cl-]. The number of benzene rings is 2. The van der Waals surface area contributed by atoms with E-state index < -0.39 is 21.3 Å². The van der Waals surface area contributed by atoms with Crippen LogP contribution in [0.1, 0.15) is 67.5 Å². The molecule has 178 valence electrons. The summed E-state index contributed by atoms with van der Waals surface area (Å²) in [4.78, 5) is 0. The maximum absolute atomic E-state index is 2.54. The Labute approximate surface area is 226 Å². The zero-order chi connectivity index (χ0) is 23.2. The summed E-state index contributed by atoms with van der Waals surface area (Å²) in [5.74, 6) is 0.539. The van der Waals surface area contributed by atoms with Gasteiger partial charge in [-0.25, -0.2) is 0 Å². The summed E-state index contributed by atoms with van der Waals surface area (Å²) in [6.07, 6.45) is 8.62. The third kappa shape index (κ3) is 5.75. The van der Waals surface area contributed by atoms with Gasteiger partial charge in [0.2, 0.25) is 0 Å². The fourth-order valence-corrected chi connectivity index (χ4v) is 15.0. The first-order valence-electron chi connectivity index (χ1n) is 11.8. The predicted octanol–water partition coefficient (Wildman–Crippen LogP) is 2.22. The average Bonchev–Trinajstić information content (AvgIpc) is 3.21. The van der Waals surface area contributed by atoms with Crippen LogP contribution in [0.5, 0.6) is 0 Å². The van der Waals surface area contributed by atoms with Crippen LogP contribution in [0.2, 0.25) is 0 Å². The molecule has 2 aromatic rings. The van der Waals surface area contributed by atoms with Gasteiger partial charge in [-0.1, -0.05) is 0 Å². The van der Waals surface area contributed by atoms with Crippen molar-refractivity contribution in [1.29, 1.82) is 0 Å². The smallest absolute Gasteiger partial charge is 1.00 e. The van der Waals surface area contributed by atoms with E-state index in [0.717, 1.165) is 6.42 Å². The van der Waals surface area contributed by atoms with E-state index in [9.17, 15) is 0 Å². The van der Waals surface area contributed by atoms with Gasteiger partial charge in [0.25, 0.3) is 0 Å². The van der Waals surface area contributed by atoms with E-state index >= 15 is 0 Å². The molecule has 0 spiro atoms. The van der Waals surface area contributed by atoms with Crippen LogP contribution in [0.3, 0.4) is 0 Å². The van der Waals surface area contributed by atoms with Crippen molar-refractivity contribution in [3.63, 3.8) is 0 Å². The zero-order valence-electron chi connectivity index (χ0n) is 21.7. The standard InChI is InChI=1S/C17H18.2C7H9.2ClH.Zr/c1-12-5-7-16(14(3)9-12)11-17-8-6-13(2)10-15(17)4;2*1-6-3-4-7(2)5-6;;;/h5-10H,1-4H3;5H,3H2,1-2H3;3,5,7H,1-2H3;2*1H;/q;;;;;+2/p-2. The Hall–Kier alpha value is -1.27. The van der Waals surface area contributed by atoms with E-state index in [-0.39, 0.29) is 24.8 Å². The van der Waals surface area contributed by atoms with Crippen molar-refractivity contribution in [1.82, 2.24) is 0 Å². The molecule has 0 aliphatic heterocycles. The number of rotatable bonds is 4. The monoisotopic (exact) mass is 568 g/mol. The Bertz CT molecular complexity index is 1210. The topological polar surface area (TPSA) is 0 Å². The molecule has 0 bridgehead atoms. The molecule has 1 unspecified atom stereocenters.